The minimum atomic E-state index is 0.619. The van der Waals surface area contributed by atoms with Crippen molar-refractivity contribution in [2.24, 2.45) is 0 Å². The van der Waals surface area contributed by atoms with Crippen molar-refractivity contribution in [3.8, 4) is 5.75 Å². The van der Waals surface area contributed by atoms with E-state index in [0.717, 1.165) is 22.0 Å². The lowest BCUT2D eigenvalue weighted by Crippen LogP contribution is -2.13. The Hall–Kier alpha value is -1.29. The number of aromatic nitrogens is 1. The number of thiazole rings is 1. The molecule has 0 atom stereocenters. The van der Waals surface area contributed by atoms with E-state index in [4.69, 9.17) is 4.74 Å². The normalized spacial score (nSPS) is 16.3. The molecule has 0 unspecified atom stereocenters. The average Bonchev–Trinajstić information content (AvgIpc) is 2.97. The fraction of sp³-hybridized carbons (Fsp3) is 0.500. The highest BCUT2D eigenvalue weighted by Crippen LogP contribution is 2.33. The van der Waals surface area contributed by atoms with Crippen LogP contribution < -0.4 is 10.1 Å². The van der Waals surface area contributed by atoms with E-state index in [-0.39, 0.29) is 0 Å². The van der Waals surface area contributed by atoms with Crippen molar-refractivity contribution in [3.05, 3.63) is 17.7 Å². The van der Waals surface area contributed by atoms with Crippen molar-refractivity contribution in [2.75, 3.05) is 12.4 Å². The molecule has 1 aromatic carbocycles. The highest BCUT2D eigenvalue weighted by atomic mass is 32.1. The van der Waals surface area contributed by atoms with Gasteiger partial charge in [-0.2, -0.15) is 0 Å². The first-order valence-corrected chi connectivity index (χ1v) is 7.29. The largest absolute Gasteiger partial charge is 0.496 e. The van der Waals surface area contributed by atoms with Crippen LogP contribution in [-0.4, -0.2) is 18.1 Å². The Morgan fingerprint density at radius 3 is 2.83 bits per heavy atom. The number of benzene rings is 1. The van der Waals surface area contributed by atoms with Crippen LogP contribution in [0, 0.1) is 6.92 Å². The van der Waals surface area contributed by atoms with E-state index in [1.807, 2.05) is 0 Å². The molecule has 4 heteroatoms. The quantitative estimate of drug-likeness (QED) is 0.909. The molecule has 1 N–H and O–H groups in total. The van der Waals surface area contributed by atoms with Gasteiger partial charge in [-0.1, -0.05) is 24.2 Å². The molecule has 0 aliphatic heterocycles. The Balaban J connectivity index is 1.90. The van der Waals surface area contributed by atoms with Gasteiger partial charge in [-0.3, -0.25) is 0 Å². The average molecular weight is 262 g/mol. The lowest BCUT2D eigenvalue weighted by Gasteiger charge is -2.09. The predicted octanol–water partition coefficient (Wildman–Crippen LogP) is 3.97. The highest BCUT2D eigenvalue weighted by molar-refractivity contribution is 7.22. The summed E-state index contributed by atoms with van der Waals surface area (Å²) < 4.78 is 6.55. The smallest absolute Gasteiger partial charge is 0.184 e. The van der Waals surface area contributed by atoms with Crippen LogP contribution in [0.25, 0.3) is 10.2 Å². The standard InChI is InChI=1S/C14H18N2OS/c1-9-7-11-13(8-12(9)17-2)18-14(16-11)15-10-5-3-4-6-10/h7-8,10H,3-6H2,1-2H3,(H,15,16). The van der Waals surface area contributed by atoms with Crippen LogP contribution in [-0.2, 0) is 0 Å². The van der Waals surface area contributed by atoms with Gasteiger partial charge in [0.25, 0.3) is 0 Å². The zero-order valence-electron chi connectivity index (χ0n) is 10.8. The molecule has 0 radical (unpaired) electrons. The van der Waals surface area contributed by atoms with Crippen LogP contribution in [0.15, 0.2) is 12.1 Å². The number of hydrogen-bond donors (Lipinski definition) is 1. The molecule has 1 aliphatic rings. The fourth-order valence-electron chi connectivity index (χ4n) is 2.59. The molecule has 0 bridgehead atoms. The number of ether oxygens (including phenoxy) is 1. The molecular weight excluding hydrogens is 244 g/mol. The zero-order chi connectivity index (χ0) is 12.5. The van der Waals surface area contributed by atoms with Gasteiger partial charge >= 0.3 is 0 Å². The third kappa shape index (κ3) is 2.17. The maximum atomic E-state index is 5.35. The first kappa shape index (κ1) is 11.8. The summed E-state index contributed by atoms with van der Waals surface area (Å²) in [5.41, 5.74) is 2.21. The summed E-state index contributed by atoms with van der Waals surface area (Å²) in [6.07, 6.45) is 5.24. The number of rotatable bonds is 3. The van der Waals surface area contributed by atoms with Gasteiger partial charge in [0.15, 0.2) is 5.13 Å². The molecule has 0 amide bonds. The van der Waals surface area contributed by atoms with Crippen molar-refractivity contribution in [2.45, 2.75) is 38.6 Å². The molecule has 1 aromatic heterocycles. The van der Waals surface area contributed by atoms with Gasteiger partial charge in [0.1, 0.15) is 5.75 Å². The molecule has 1 saturated carbocycles. The monoisotopic (exact) mass is 262 g/mol. The SMILES string of the molecule is COc1cc2sc(NC3CCCC3)nc2cc1C. The second kappa shape index (κ2) is 4.76. The molecule has 1 fully saturated rings. The van der Waals surface area contributed by atoms with E-state index in [9.17, 15) is 0 Å². The van der Waals surface area contributed by atoms with Gasteiger partial charge in [-0.15, -0.1) is 0 Å². The summed E-state index contributed by atoms with van der Waals surface area (Å²) in [5.74, 6) is 0.943. The molecular formula is C14H18N2OS. The molecule has 96 valence electrons. The third-order valence-corrected chi connectivity index (χ3v) is 4.54. The van der Waals surface area contributed by atoms with Crippen LogP contribution in [0.2, 0.25) is 0 Å². The fourth-order valence-corrected chi connectivity index (χ4v) is 3.54. The highest BCUT2D eigenvalue weighted by Gasteiger charge is 2.16. The first-order valence-electron chi connectivity index (χ1n) is 6.48. The molecule has 3 rings (SSSR count). The number of nitrogens with one attached hydrogen (secondary N) is 1. The number of nitrogens with zero attached hydrogens (tertiary/aromatic N) is 1. The molecule has 3 nitrogen and oxygen atoms in total. The van der Waals surface area contributed by atoms with Crippen molar-refractivity contribution >= 4 is 26.7 Å². The van der Waals surface area contributed by atoms with Crippen molar-refractivity contribution in [1.82, 2.24) is 4.98 Å². The van der Waals surface area contributed by atoms with Crippen LogP contribution in [0.3, 0.4) is 0 Å². The molecule has 2 aromatic rings. The lowest BCUT2D eigenvalue weighted by molar-refractivity contribution is 0.412. The maximum absolute atomic E-state index is 5.35. The van der Waals surface area contributed by atoms with E-state index in [2.05, 4.69) is 29.4 Å². The van der Waals surface area contributed by atoms with Crippen LogP contribution in [0.4, 0.5) is 5.13 Å². The van der Waals surface area contributed by atoms with Crippen LogP contribution in [0.5, 0.6) is 5.75 Å². The predicted molar refractivity (Wildman–Crippen MR) is 76.8 cm³/mol. The van der Waals surface area contributed by atoms with Gasteiger partial charge in [-0.05, 0) is 37.5 Å². The molecule has 18 heavy (non-hydrogen) atoms. The molecule has 0 saturated heterocycles. The Morgan fingerprint density at radius 1 is 1.33 bits per heavy atom. The molecule has 1 heterocycles. The minimum Gasteiger partial charge on any atom is -0.496 e. The zero-order valence-corrected chi connectivity index (χ0v) is 11.6. The topological polar surface area (TPSA) is 34.1 Å². The van der Waals surface area contributed by atoms with Crippen molar-refractivity contribution < 1.29 is 4.74 Å². The van der Waals surface area contributed by atoms with Gasteiger partial charge < -0.3 is 10.1 Å². The first-order chi connectivity index (χ1) is 8.76. The number of aryl methyl sites for hydroxylation is 1. The van der Waals surface area contributed by atoms with Crippen molar-refractivity contribution in [3.63, 3.8) is 0 Å². The van der Waals surface area contributed by atoms with Gasteiger partial charge in [-0.25, -0.2) is 4.98 Å². The Labute approximate surface area is 111 Å². The van der Waals surface area contributed by atoms with E-state index in [1.54, 1.807) is 18.4 Å². The van der Waals surface area contributed by atoms with E-state index in [1.165, 1.54) is 30.4 Å². The van der Waals surface area contributed by atoms with E-state index in [0.29, 0.717) is 6.04 Å². The summed E-state index contributed by atoms with van der Waals surface area (Å²) in [6, 6.07) is 4.81. The Kier molecular flexibility index (Phi) is 3.12. The third-order valence-electron chi connectivity index (χ3n) is 3.59. The number of methoxy groups -OCH3 is 1. The minimum absolute atomic E-state index is 0.619. The number of anilines is 1. The maximum Gasteiger partial charge on any atom is 0.184 e. The molecule has 0 spiro atoms. The van der Waals surface area contributed by atoms with E-state index >= 15 is 0 Å². The van der Waals surface area contributed by atoms with E-state index < -0.39 is 0 Å². The van der Waals surface area contributed by atoms with Gasteiger partial charge in [0.2, 0.25) is 0 Å². The second-order valence-corrected chi connectivity index (χ2v) is 5.96. The number of hydrogen-bond acceptors (Lipinski definition) is 4. The summed E-state index contributed by atoms with van der Waals surface area (Å²) >= 11 is 1.72. The van der Waals surface area contributed by atoms with Gasteiger partial charge in [0, 0.05) is 6.04 Å². The van der Waals surface area contributed by atoms with Gasteiger partial charge in [0.05, 0.1) is 17.3 Å². The summed E-state index contributed by atoms with van der Waals surface area (Å²) in [5, 5.41) is 4.60. The van der Waals surface area contributed by atoms with Crippen LogP contribution in [0.1, 0.15) is 31.2 Å². The summed E-state index contributed by atoms with van der Waals surface area (Å²) in [7, 11) is 1.72. The molecule has 1 aliphatic carbocycles. The van der Waals surface area contributed by atoms with Crippen molar-refractivity contribution in [1.29, 1.82) is 0 Å². The van der Waals surface area contributed by atoms with Crippen LogP contribution >= 0.6 is 11.3 Å². The Morgan fingerprint density at radius 2 is 2.11 bits per heavy atom. The number of fused-ring (bicyclic) bond motifs is 1. The Bertz CT molecular complexity index is 558. The lowest BCUT2D eigenvalue weighted by atomic mass is 10.2. The second-order valence-electron chi connectivity index (χ2n) is 4.93. The summed E-state index contributed by atoms with van der Waals surface area (Å²) in [4.78, 5) is 4.66. The summed E-state index contributed by atoms with van der Waals surface area (Å²) in [6.45, 7) is 2.06.